The van der Waals surface area contributed by atoms with E-state index in [0.29, 0.717) is 29.2 Å². The van der Waals surface area contributed by atoms with E-state index in [1.54, 1.807) is 36.6 Å². The molecule has 0 atom stereocenters. The summed E-state index contributed by atoms with van der Waals surface area (Å²) in [6.07, 6.45) is 0.655. The zero-order valence-corrected chi connectivity index (χ0v) is 15.2. The van der Waals surface area contributed by atoms with E-state index in [1.165, 1.54) is 10.6 Å². The third-order valence-corrected chi connectivity index (χ3v) is 4.74. The maximum atomic E-state index is 12.2. The van der Waals surface area contributed by atoms with Gasteiger partial charge in [0, 0.05) is 34.1 Å². The normalized spacial score (nSPS) is 10.7. The lowest BCUT2D eigenvalue weighted by molar-refractivity contribution is -0.116. The summed E-state index contributed by atoms with van der Waals surface area (Å²) in [7, 11) is 0. The molecule has 1 amide bonds. The lowest BCUT2D eigenvalue weighted by Gasteiger charge is -2.09. The van der Waals surface area contributed by atoms with Gasteiger partial charge in [-0.15, -0.1) is 0 Å². The van der Waals surface area contributed by atoms with E-state index in [9.17, 15) is 14.4 Å². The number of aromatic nitrogens is 3. The lowest BCUT2D eigenvalue weighted by atomic mass is 10.1. The number of thiazole rings is 1. The number of nitrogens with one attached hydrogen (secondary N) is 2. The summed E-state index contributed by atoms with van der Waals surface area (Å²) in [5.74, 6) is 0.157. The van der Waals surface area contributed by atoms with Gasteiger partial charge in [-0.2, -0.15) is 0 Å². The highest BCUT2D eigenvalue weighted by molar-refractivity contribution is 7.07. The van der Waals surface area contributed by atoms with Crippen LogP contribution in [0.4, 0.5) is 5.69 Å². The summed E-state index contributed by atoms with van der Waals surface area (Å²) in [6, 6.07) is 8.52. The molecular weight excluding hydrogens is 352 g/mol. The fourth-order valence-electron chi connectivity index (χ4n) is 2.51. The van der Waals surface area contributed by atoms with E-state index in [1.807, 2.05) is 6.92 Å². The van der Waals surface area contributed by atoms with Crippen molar-refractivity contribution in [2.24, 2.45) is 0 Å². The van der Waals surface area contributed by atoms with Gasteiger partial charge in [0.2, 0.25) is 5.91 Å². The number of carbonyl (C=O) groups excluding carboxylic acids is 1. The average molecular weight is 370 g/mol. The molecule has 0 aliphatic carbocycles. The molecule has 0 unspecified atom stereocenters. The van der Waals surface area contributed by atoms with Crippen molar-refractivity contribution >= 4 is 22.9 Å². The Bertz CT molecular complexity index is 1060. The van der Waals surface area contributed by atoms with Gasteiger partial charge in [-0.05, 0) is 25.5 Å². The zero-order chi connectivity index (χ0) is 18.7. The fraction of sp³-hybridized carbons (Fsp3) is 0.222. The molecule has 2 N–H and O–H groups in total. The molecule has 134 valence electrons. The number of benzene rings is 1. The standard InChI is InChI=1S/C18H18N4O3S/c1-3-13-8-15(23)21-17(20-13)12-5-4-6-14(7-12)19-16(24)9-22-11(2)10-26-18(22)25/h4-8,10H,3,9H2,1-2H3,(H,19,24)(H,20,21,23). The molecule has 7 nitrogen and oxygen atoms in total. The number of H-pyrrole nitrogens is 1. The number of hydrogen-bond acceptors (Lipinski definition) is 5. The minimum atomic E-state index is -0.297. The maximum absolute atomic E-state index is 12.2. The fourth-order valence-corrected chi connectivity index (χ4v) is 3.24. The van der Waals surface area contributed by atoms with Crippen molar-refractivity contribution in [1.29, 1.82) is 0 Å². The van der Waals surface area contributed by atoms with Crippen molar-refractivity contribution < 1.29 is 4.79 Å². The number of anilines is 1. The second-order valence-corrected chi connectivity index (χ2v) is 6.62. The van der Waals surface area contributed by atoms with Gasteiger partial charge in [0.15, 0.2) is 0 Å². The van der Waals surface area contributed by atoms with Crippen LogP contribution in [0.25, 0.3) is 11.4 Å². The number of aromatic amines is 1. The summed E-state index contributed by atoms with van der Waals surface area (Å²) in [5, 5.41) is 4.50. The number of aryl methyl sites for hydroxylation is 2. The van der Waals surface area contributed by atoms with Crippen LogP contribution >= 0.6 is 11.3 Å². The first kappa shape index (κ1) is 17.8. The van der Waals surface area contributed by atoms with Gasteiger partial charge in [-0.25, -0.2) is 4.98 Å². The van der Waals surface area contributed by atoms with E-state index >= 15 is 0 Å². The van der Waals surface area contributed by atoms with Crippen molar-refractivity contribution in [3.8, 4) is 11.4 Å². The molecule has 0 fully saturated rings. The van der Waals surface area contributed by atoms with Gasteiger partial charge in [0.05, 0.1) is 0 Å². The second-order valence-electron chi connectivity index (χ2n) is 5.80. The molecule has 0 aliphatic heterocycles. The van der Waals surface area contributed by atoms with Crippen molar-refractivity contribution in [3.63, 3.8) is 0 Å². The number of hydrogen-bond donors (Lipinski definition) is 2. The van der Waals surface area contributed by atoms with E-state index in [0.717, 1.165) is 17.0 Å². The largest absolute Gasteiger partial charge is 0.325 e. The Morgan fingerprint density at radius 3 is 2.81 bits per heavy atom. The van der Waals surface area contributed by atoms with E-state index in [-0.39, 0.29) is 22.9 Å². The third kappa shape index (κ3) is 3.97. The van der Waals surface area contributed by atoms with Gasteiger partial charge >= 0.3 is 4.87 Å². The Labute approximate surface area is 153 Å². The first-order valence-electron chi connectivity index (χ1n) is 8.11. The molecule has 2 heterocycles. The van der Waals surface area contributed by atoms with Crippen LogP contribution in [0.15, 0.2) is 45.3 Å². The Morgan fingerprint density at radius 1 is 1.31 bits per heavy atom. The Kier molecular flexibility index (Phi) is 5.13. The molecular formula is C18H18N4O3S. The molecule has 3 aromatic rings. The molecule has 0 radical (unpaired) electrons. The molecule has 26 heavy (non-hydrogen) atoms. The molecule has 8 heteroatoms. The molecule has 0 spiro atoms. The number of carbonyl (C=O) groups is 1. The Balaban J connectivity index is 1.81. The van der Waals surface area contributed by atoms with Crippen LogP contribution < -0.4 is 15.7 Å². The molecule has 2 aromatic heterocycles. The Morgan fingerprint density at radius 2 is 2.12 bits per heavy atom. The van der Waals surface area contributed by atoms with Crippen LogP contribution in [0.2, 0.25) is 0 Å². The van der Waals surface area contributed by atoms with Crippen LogP contribution in [-0.4, -0.2) is 20.4 Å². The SMILES string of the molecule is CCc1cc(=O)[nH]c(-c2cccc(NC(=O)Cn3c(C)csc3=O)c2)n1. The average Bonchev–Trinajstić information content (AvgIpc) is 2.93. The van der Waals surface area contributed by atoms with Crippen LogP contribution in [0.1, 0.15) is 18.3 Å². The number of rotatable bonds is 5. The first-order chi connectivity index (χ1) is 12.5. The molecule has 0 saturated heterocycles. The van der Waals surface area contributed by atoms with Gasteiger partial charge in [-0.3, -0.25) is 19.0 Å². The first-order valence-corrected chi connectivity index (χ1v) is 8.99. The second kappa shape index (κ2) is 7.49. The predicted molar refractivity (Wildman–Crippen MR) is 102 cm³/mol. The van der Waals surface area contributed by atoms with Crippen LogP contribution in [-0.2, 0) is 17.8 Å². The number of nitrogens with zero attached hydrogens (tertiary/aromatic N) is 2. The summed E-state index contributed by atoms with van der Waals surface area (Å²) in [6.45, 7) is 3.67. The monoisotopic (exact) mass is 370 g/mol. The topological polar surface area (TPSA) is 96.9 Å². The third-order valence-electron chi connectivity index (χ3n) is 3.85. The van der Waals surface area contributed by atoms with Gasteiger partial charge in [-0.1, -0.05) is 30.4 Å². The highest BCUT2D eigenvalue weighted by Gasteiger charge is 2.10. The maximum Gasteiger partial charge on any atom is 0.307 e. The van der Waals surface area contributed by atoms with Crippen molar-refractivity contribution in [2.45, 2.75) is 26.8 Å². The van der Waals surface area contributed by atoms with Crippen molar-refractivity contribution in [2.75, 3.05) is 5.32 Å². The van der Waals surface area contributed by atoms with E-state index in [2.05, 4.69) is 15.3 Å². The van der Waals surface area contributed by atoms with Crippen LogP contribution in [0.3, 0.4) is 0 Å². The highest BCUT2D eigenvalue weighted by atomic mass is 32.1. The van der Waals surface area contributed by atoms with E-state index < -0.39 is 0 Å². The molecule has 0 aliphatic rings. The van der Waals surface area contributed by atoms with Gasteiger partial charge in [0.1, 0.15) is 12.4 Å². The summed E-state index contributed by atoms with van der Waals surface area (Å²) in [5.41, 5.74) is 2.50. The van der Waals surface area contributed by atoms with Gasteiger partial charge < -0.3 is 10.3 Å². The lowest BCUT2D eigenvalue weighted by Crippen LogP contribution is -2.25. The molecule has 3 rings (SSSR count). The summed E-state index contributed by atoms with van der Waals surface area (Å²) in [4.78, 5) is 42.7. The minimum absolute atomic E-state index is 0.0429. The van der Waals surface area contributed by atoms with Crippen LogP contribution in [0, 0.1) is 6.92 Å². The van der Waals surface area contributed by atoms with Crippen molar-refractivity contribution in [1.82, 2.24) is 14.5 Å². The molecule has 1 aromatic carbocycles. The smallest absolute Gasteiger partial charge is 0.307 e. The minimum Gasteiger partial charge on any atom is -0.325 e. The predicted octanol–water partition coefficient (Wildman–Crippen LogP) is 2.17. The molecule has 0 saturated carbocycles. The highest BCUT2D eigenvalue weighted by Crippen LogP contribution is 2.19. The van der Waals surface area contributed by atoms with Crippen LogP contribution in [0.5, 0.6) is 0 Å². The summed E-state index contributed by atoms with van der Waals surface area (Å²) < 4.78 is 1.42. The van der Waals surface area contributed by atoms with Gasteiger partial charge in [0.25, 0.3) is 5.56 Å². The Hall–Kier alpha value is -3.00. The quantitative estimate of drug-likeness (QED) is 0.719. The summed E-state index contributed by atoms with van der Waals surface area (Å²) >= 11 is 1.07. The number of amides is 1. The zero-order valence-electron chi connectivity index (χ0n) is 14.4. The van der Waals surface area contributed by atoms with E-state index in [4.69, 9.17) is 0 Å². The van der Waals surface area contributed by atoms with Crippen molar-refractivity contribution in [3.05, 3.63) is 67.1 Å². The molecule has 0 bridgehead atoms.